The molecule has 1 aromatic heterocycles. The molecule has 0 saturated carbocycles. The summed E-state index contributed by atoms with van der Waals surface area (Å²) in [5.74, 6) is -1.20. The minimum Gasteiger partial charge on any atom is -0.452 e. The number of carbonyl (C=O) groups excluding carboxylic acids is 2. The van der Waals surface area contributed by atoms with Gasteiger partial charge in [0.25, 0.3) is 17.9 Å². The lowest BCUT2D eigenvalue weighted by molar-refractivity contribution is -0.135. The highest BCUT2D eigenvalue weighted by Crippen LogP contribution is 2.25. The molecule has 1 aliphatic rings. The maximum Gasteiger partial charge on any atom is 0.275 e. The number of carbonyl (C=O) groups is 2. The lowest BCUT2D eigenvalue weighted by Gasteiger charge is -2.21. The molecule has 2 rings (SSSR count). The Morgan fingerprint density at radius 2 is 2.43 bits per heavy atom. The van der Waals surface area contributed by atoms with Gasteiger partial charge in [0, 0.05) is 6.20 Å². The van der Waals surface area contributed by atoms with Crippen LogP contribution in [0.15, 0.2) is 18.3 Å². The van der Waals surface area contributed by atoms with Gasteiger partial charge in [0.05, 0.1) is 0 Å². The summed E-state index contributed by atoms with van der Waals surface area (Å²) in [6.07, 6.45) is 0.200. The van der Waals surface area contributed by atoms with Gasteiger partial charge < -0.3 is 15.8 Å². The third-order valence-corrected chi connectivity index (χ3v) is 1.76. The quantitative estimate of drug-likeness (QED) is 0.574. The van der Waals surface area contributed by atoms with E-state index in [9.17, 15) is 9.59 Å². The van der Waals surface area contributed by atoms with E-state index in [0.29, 0.717) is 5.69 Å². The number of anilines is 1. The van der Waals surface area contributed by atoms with Crippen molar-refractivity contribution in [2.24, 2.45) is 5.73 Å². The van der Waals surface area contributed by atoms with Crippen LogP contribution in [0.5, 0.6) is 5.88 Å². The number of nitrogens with one attached hydrogen (secondary N) is 1. The van der Waals surface area contributed by atoms with E-state index in [0.717, 1.165) is 0 Å². The van der Waals surface area contributed by atoms with Crippen molar-refractivity contribution in [3.8, 4) is 5.88 Å². The summed E-state index contributed by atoms with van der Waals surface area (Å²) in [6, 6.07) is 3.27. The van der Waals surface area contributed by atoms with E-state index in [1.807, 2.05) is 0 Å². The highest BCUT2D eigenvalue weighted by atomic mass is 16.5. The molecule has 6 heteroatoms. The maximum atomic E-state index is 11.2. The van der Waals surface area contributed by atoms with Gasteiger partial charge >= 0.3 is 0 Å². The summed E-state index contributed by atoms with van der Waals surface area (Å²) in [4.78, 5) is 25.9. The molecule has 0 saturated heterocycles. The predicted molar refractivity (Wildman–Crippen MR) is 46.5 cm³/mol. The average Bonchev–Trinajstić information content (AvgIpc) is 2.16. The zero-order valence-corrected chi connectivity index (χ0v) is 7.06. The van der Waals surface area contributed by atoms with Crippen molar-refractivity contribution in [2.45, 2.75) is 6.10 Å². The number of fused-ring (bicyclic) bond motifs is 1. The Morgan fingerprint density at radius 3 is 3.14 bits per heavy atom. The second-order valence-corrected chi connectivity index (χ2v) is 2.75. The van der Waals surface area contributed by atoms with Crippen LogP contribution < -0.4 is 15.8 Å². The summed E-state index contributed by atoms with van der Waals surface area (Å²) in [7, 11) is 0. The maximum absolute atomic E-state index is 11.2. The second-order valence-electron chi connectivity index (χ2n) is 2.75. The number of aromatic nitrogens is 1. The molecule has 1 unspecified atom stereocenters. The Hall–Kier alpha value is -2.11. The minimum absolute atomic E-state index is 0.205. The molecule has 0 aliphatic carbocycles. The molecule has 6 nitrogen and oxygen atoms in total. The molecule has 1 aromatic rings. The zero-order valence-electron chi connectivity index (χ0n) is 7.06. The van der Waals surface area contributed by atoms with Gasteiger partial charge in [-0.1, -0.05) is 0 Å². The van der Waals surface area contributed by atoms with Crippen LogP contribution in [0.25, 0.3) is 0 Å². The van der Waals surface area contributed by atoms with Crippen LogP contribution in [-0.2, 0) is 9.59 Å². The molecule has 1 aliphatic heterocycles. The van der Waals surface area contributed by atoms with Crippen LogP contribution in [-0.4, -0.2) is 22.9 Å². The van der Waals surface area contributed by atoms with E-state index >= 15 is 0 Å². The number of primary amides is 1. The first-order chi connectivity index (χ1) is 6.68. The van der Waals surface area contributed by atoms with Crippen LogP contribution in [0.3, 0.4) is 0 Å². The number of rotatable bonds is 1. The molecule has 72 valence electrons. The third-order valence-electron chi connectivity index (χ3n) is 1.76. The van der Waals surface area contributed by atoms with E-state index in [4.69, 9.17) is 10.5 Å². The lowest BCUT2D eigenvalue weighted by atomic mass is 10.2. The van der Waals surface area contributed by atoms with E-state index in [1.165, 1.54) is 6.20 Å². The van der Waals surface area contributed by atoms with Gasteiger partial charge in [-0.3, -0.25) is 9.59 Å². The van der Waals surface area contributed by atoms with Gasteiger partial charge in [0.15, 0.2) is 0 Å². The van der Waals surface area contributed by atoms with Crippen LogP contribution in [0.2, 0.25) is 0 Å². The van der Waals surface area contributed by atoms with Crippen molar-refractivity contribution in [3.63, 3.8) is 0 Å². The monoisotopic (exact) mass is 193 g/mol. The summed E-state index contributed by atoms with van der Waals surface area (Å²) in [5, 5.41) is 2.46. The van der Waals surface area contributed by atoms with E-state index in [-0.39, 0.29) is 5.88 Å². The molecule has 14 heavy (non-hydrogen) atoms. The summed E-state index contributed by atoms with van der Waals surface area (Å²) in [6.45, 7) is 0. The minimum atomic E-state index is -1.29. The van der Waals surface area contributed by atoms with Crippen LogP contribution in [0, 0.1) is 0 Å². The van der Waals surface area contributed by atoms with Crippen molar-refractivity contribution >= 4 is 17.5 Å². The fourth-order valence-electron chi connectivity index (χ4n) is 1.13. The number of amides is 2. The molecule has 0 fully saturated rings. The predicted octanol–water partition coefficient (Wildman–Crippen LogP) is -0.734. The Bertz CT molecular complexity index is 405. The van der Waals surface area contributed by atoms with Crippen LogP contribution >= 0.6 is 0 Å². The average molecular weight is 193 g/mol. The van der Waals surface area contributed by atoms with Crippen molar-refractivity contribution in [2.75, 3.05) is 5.32 Å². The standard InChI is InChI=1S/C8H7N3O3/c9-6(12)5-7(13)11-4-2-1-3-10-8(4)14-5/h1-3,5H,(H2,9,12)(H,11,13). The first-order valence-corrected chi connectivity index (χ1v) is 3.90. The molecular weight excluding hydrogens is 186 g/mol. The van der Waals surface area contributed by atoms with E-state index in [2.05, 4.69) is 10.3 Å². The third kappa shape index (κ3) is 1.26. The van der Waals surface area contributed by atoms with E-state index < -0.39 is 17.9 Å². The molecule has 3 N–H and O–H groups in total. The second kappa shape index (κ2) is 2.99. The molecule has 1 atom stereocenters. The number of pyridine rings is 1. The zero-order chi connectivity index (χ0) is 10.1. The molecule has 0 bridgehead atoms. The van der Waals surface area contributed by atoms with Crippen LogP contribution in [0.1, 0.15) is 0 Å². The fraction of sp³-hybridized carbons (Fsp3) is 0.125. The highest BCUT2D eigenvalue weighted by molar-refractivity contribution is 6.10. The Labute approximate surface area is 79.1 Å². The van der Waals surface area contributed by atoms with Gasteiger partial charge in [-0.25, -0.2) is 4.98 Å². The summed E-state index contributed by atoms with van der Waals surface area (Å²) < 4.78 is 5.01. The Kier molecular flexibility index (Phi) is 1.81. The first-order valence-electron chi connectivity index (χ1n) is 3.90. The summed E-state index contributed by atoms with van der Waals surface area (Å²) >= 11 is 0. The first kappa shape index (κ1) is 8.49. The summed E-state index contributed by atoms with van der Waals surface area (Å²) in [5.41, 5.74) is 5.40. The molecule has 2 amide bonds. The van der Waals surface area contributed by atoms with Gasteiger partial charge in [-0.2, -0.15) is 0 Å². The van der Waals surface area contributed by atoms with Crippen molar-refractivity contribution in [1.29, 1.82) is 0 Å². The normalized spacial score (nSPS) is 19.1. The number of nitrogens with zero attached hydrogens (tertiary/aromatic N) is 1. The number of hydrogen-bond donors (Lipinski definition) is 2. The van der Waals surface area contributed by atoms with E-state index in [1.54, 1.807) is 12.1 Å². The molecule has 2 heterocycles. The van der Waals surface area contributed by atoms with Crippen molar-refractivity contribution in [3.05, 3.63) is 18.3 Å². The number of nitrogens with two attached hydrogens (primary N) is 1. The fourth-order valence-corrected chi connectivity index (χ4v) is 1.13. The van der Waals surface area contributed by atoms with Gasteiger partial charge in [0.2, 0.25) is 5.88 Å². The largest absolute Gasteiger partial charge is 0.452 e. The molecular formula is C8H7N3O3. The Morgan fingerprint density at radius 1 is 1.64 bits per heavy atom. The number of ether oxygens (including phenoxy) is 1. The van der Waals surface area contributed by atoms with Gasteiger partial charge in [-0.05, 0) is 12.1 Å². The Balaban J connectivity index is 2.36. The molecule has 0 radical (unpaired) electrons. The topological polar surface area (TPSA) is 94.3 Å². The highest BCUT2D eigenvalue weighted by Gasteiger charge is 2.32. The van der Waals surface area contributed by atoms with Crippen molar-refractivity contribution in [1.82, 2.24) is 4.98 Å². The molecule has 0 spiro atoms. The smallest absolute Gasteiger partial charge is 0.275 e. The van der Waals surface area contributed by atoms with Crippen LogP contribution in [0.4, 0.5) is 5.69 Å². The van der Waals surface area contributed by atoms with Crippen molar-refractivity contribution < 1.29 is 14.3 Å². The van der Waals surface area contributed by atoms with Gasteiger partial charge in [0.1, 0.15) is 5.69 Å². The SMILES string of the molecule is NC(=O)C1Oc2ncccc2NC1=O. The number of hydrogen-bond acceptors (Lipinski definition) is 4. The van der Waals surface area contributed by atoms with Gasteiger partial charge in [-0.15, -0.1) is 0 Å². The molecule has 0 aromatic carbocycles. The lowest BCUT2D eigenvalue weighted by Crippen LogP contribution is -2.46.